The molecule has 2 N–H and O–H groups in total. The predicted octanol–water partition coefficient (Wildman–Crippen LogP) is 2.63. The number of aryl methyl sites for hydroxylation is 3. The number of nitrogen functional groups attached to an aromatic ring is 1. The fourth-order valence-electron chi connectivity index (χ4n) is 1.98. The number of anilines is 1. The lowest BCUT2D eigenvalue weighted by atomic mass is 10.1. The summed E-state index contributed by atoms with van der Waals surface area (Å²) in [6.45, 7) is 4.28. The molecule has 14 heavy (non-hydrogen) atoms. The Balaban J connectivity index is 2.92. The standard InChI is InChI=1S/C12H16N2/c1-4-9-5-6-11(13)10-7-8(2)14(3)12(9)10/h5-7H,4,13H2,1-3H3. The van der Waals surface area contributed by atoms with Gasteiger partial charge >= 0.3 is 0 Å². The first-order valence-corrected chi connectivity index (χ1v) is 4.98. The van der Waals surface area contributed by atoms with Gasteiger partial charge in [-0.25, -0.2) is 0 Å². The third-order valence-corrected chi connectivity index (χ3v) is 2.93. The Morgan fingerprint density at radius 2 is 2.07 bits per heavy atom. The number of nitrogens with two attached hydrogens (primary N) is 1. The van der Waals surface area contributed by atoms with Crippen molar-refractivity contribution in [1.29, 1.82) is 0 Å². The van der Waals surface area contributed by atoms with E-state index in [0.29, 0.717) is 0 Å². The summed E-state index contributed by atoms with van der Waals surface area (Å²) in [4.78, 5) is 0. The van der Waals surface area contributed by atoms with Crippen molar-refractivity contribution >= 4 is 16.6 Å². The molecule has 0 aliphatic rings. The van der Waals surface area contributed by atoms with Gasteiger partial charge in [-0.15, -0.1) is 0 Å². The topological polar surface area (TPSA) is 30.9 Å². The van der Waals surface area contributed by atoms with E-state index in [1.54, 1.807) is 0 Å². The zero-order valence-electron chi connectivity index (χ0n) is 8.96. The van der Waals surface area contributed by atoms with Crippen molar-refractivity contribution in [2.45, 2.75) is 20.3 Å². The molecule has 0 radical (unpaired) electrons. The highest BCUT2D eigenvalue weighted by Gasteiger charge is 2.08. The van der Waals surface area contributed by atoms with E-state index < -0.39 is 0 Å². The molecule has 0 unspecified atom stereocenters. The van der Waals surface area contributed by atoms with Crippen molar-refractivity contribution in [3.05, 3.63) is 29.5 Å². The second-order valence-corrected chi connectivity index (χ2v) is 3.77. The van der Waals surface area contributed by atoms with Crippen LogP contribution >= 0.6 is 0 Å². The summed E-state index contributed by atoms with van der Waals surface area (Å²) in [6.07, 6.45) is 1.05. The predicted molar refractivity (Wildman–Crippen MR) is 61.4 cm³/mol. The fourth-order valence-corrected chi connectivity index (χ4v) is 1.98. The second-order valence-electron chi connectivity index (χ2n) is 3.77. The Morgan fingerprint density at radius 3 is 2.71 bits per heavy atom. The van der Waals surface area contributed by atoms with Gasteiger partial charge in [0.25, 0.3) is 0 Å². The molecule has 74 valence electrons. The summed E-state index contributed by atoms with van der Waals surface area (Å²) < 4.78 is 2.21. The fraction of sp³-hybridized carbons (Fsp3) is 0.333. The molecule has 1 aromatic heterocycles. The smallest absolute Gasteiger partial charge is 0.0533 e. The van der Waals surface area contributed by atoms with Gasteiger partial charge in [0.2, 0.25) is 0 Å². The van der Waals surface area contributed by atoms with Gasteiger partial charge in [0.15, 0.2) is 0 Å². The first-order chi connectivity index (χ1) is 6.65. The third-order valence-electron chi connectivity index (χ3n) is 2.93. The van der Waals surface area contributed by atoms with Gasteiger partial charge in [0.05, 0.1) is 5.52 Å². The number of fused-ring (bicyclic) bond motifs is 1. The number of benzene rings is 1. The van der Waals surface area contributed by atoms with Crippen LogP contribution in [0.5, 0.6) is 0 Å². The summed E-state index contributed by atoms with van der Waals surface area (Å²) in [7, 11) is 2.09. The third kappa shape index (κ3) is 1.10. The minimum atomic E-state index is 0.876. The number of nitrogens with zero attached hydrogens (tertiary/aromatic N) is 1. The zero-order chi connectivity index (χ0) is 10.3. The molecule has 2 nitrogen and oxygen atoms in total. The Labute approximate surface area is 84.3 Å². The largest absolute Gasteiger partial charge is 0.398 e. The van der Waals surface area contributed by atoms with Crippen LogP contribution in [0.2, 0.25) is 0 Å². The molecule has 0 spiro atoms. The summed E-state index contributed by atoms with van der Waals surface area (Å²) in [5.74, 6) is 0. The normalized spacial score (nSPS) is 11.1. The summed E-state index contributed by atoms with van der Waals surface area (Å²) >= 11 is 0. The highest BCUT2D eigenvalue weighted by molar-refractivity contribution is 5.94. The van der Waals surface area contributed by atoms with Crippen molar-refractivity contribution in [3.8, 4) is 0 Å². The Hall–Kier alpha value is -1.44. The van der Waals surface area contributed by atoms with Crippen molar-refractivity contribution in [3.63, 3.8) is 0 Å². The van der Waals surface area contributed by atoms with Crippen LogP contribution in [0.4, 0.5) is 5.69 Å². The van der Waals surface area contributed by atoms with Crippen LogP contribution in [-0.2, 0) is 13.5 Å². The van der Waals surface area contributed by atoms with Crippen molar-refractivity contribution in [1.82, 2.24) is 4.57 Å². The number of aromatic nitrogens is 1. The van der Waals surface area contributed by atoms with E-state index >= 15 is 0 Å². The highest BCUT2D eigenvalue weighted by Crippen LogP contribution is 2.27. The molecule has 2 rings (SSSR count). The van der Waals surface area contributed by atoms with Crippen LogP contribution in [-0.4, -0.2) is 4.57 Å². The lowest BCUT2D eigenvalue weighted by Crippen LogP contribution is -1.95. The van der Waals surface area contributed by atoms with Crippen LogP contribution in [0, 0.1) is 6.92 Å². The van der Waals surface area contributed by atoms with E-state index in [9.17, 15) is 0 Å². The maximum atomic E-state index is 5.95. The minimum absolute atomic E-state index is 0.876. The van der Waals surface area contributed by atoms with E-state index in [-0.39, 0.29) is 0 Å². The summed E-state index contributed by atoms with van der Waals surface area (Å²) in [5.41, 5.74) is 10.7. The van der Waals surface area contributed by atoms with Crippen molar-refractivity contribution in [2.24, 2.45) is 7.05 Å². The molecular weight excluding hydrogens is 172 g/mol. The maximum Gasteiger partial charge on any atom is 0.0533 e. The average Bonchev–Trinajstić information content (AvgIpc) is 2.47. The summed E-state index contributed by atoms with van der Waals surface area (Å²) in [6, 6.07) is 6.28. The molecule has 1 aromatic carbocycles. The van der Waals surface area contributed by atoms with Crippen LogP contribution in [0.1, 0.15) is 18.2 Å². The molecule has 0 bridgehead atoms. The lowest BCUT2D eigenvalue weighted by molar-refractivity contribution is 0.909. The molecule has 0 amide bonds. The Morgan fingerprint density at radius 1 is 1.36 bits per heavy atom. The molecule has 0 fully saturated rings. The van der Waals surface area contributed by atoms with Crippen molar-refractivity contribution < 1.29 is 0 Å². The van der Waals surface area contributed by atoms with Crippen LogP contribution in [0.25, 0.3) is 10.9 Å². The summed E-state index contributed by atoms with van der Waals surface area (Å²) in [5, 5.41) is 1.18. The molecule has 0 saturated carbocycles. The van der Waals surface area contributed by atoms with E-state index in [1.165, 1.54) is 22.2 Å². The minimum Gasteiger partial charge on any atom is -0.398 e. The highest BCUT2D eigenvalue weighted by atomic mass is 14.9. The zero-order valence-corrected chi connectivity index (χ0v) is 8.96. The Bertz CT molecular complexity index is 481. The second kappa shape index (κ2) is 3.05. The van der Waals surface area contributed by atoms with Gasteiger partial charge in [-0.3, -0.25) is 0 Å². The molecule has 1 heterocycles. The van der Waals surface area contributed by atoms with Gasteiger partial charge in [0, 0.05) is 23.8 Å². The van der Waals surface area contributed by atoms with Crippen molar-refractivity contribution in [2.75, 3.05) is 5.73 Å². The monoisotopic (exact) mass is 188 g/mol. The van der Waals surface area contributed by atoms with Gasteiger partial charge in [-0.1, -0.05) is 13.0 Å². The number of rotatable bonds is 1. The molecule has 0 saturated heterocycles. The van der Waals surface area contributed by atoms with E-state index in [1.807, 2.05) is 6.07 Å². The first-order valence-electron chi connectivity index (χ1n) is 4.98. The van der Waals surface area contributed by atoms with Gasteiger partial charge in [-0.2, -0.15) is 0 Å². The molecule has 2 heteroatoms. The molecule has 0 atom stereocenters. The van der Waals surface area contributed by atoms with Crippen LogP contribution in [0.3, 0.4) is 0 Å². The van der Waals surface area contributed by atoms with E-state index in [0.717, 1.165) is 12.1 Å². The molecule has 0 aliphatic carbocycles. The van der Waals surface area contributed by atoms with Crippen LogP contribution < -0.4 is 5.73 Å². The van der Waals surface area contributed by atoms with Gasteiger partial charge < -0.3 is 10.3 Å². The number of hydrogen-bond donors (Lipinski definition) is 1. The maximum absolute atomic E-state index is 5.95. The SMILES string of the molecule is CCc1ccc(N)c2cc(C)n(C)c12. The van der Waals surface area contributed by atoms with Gasteiger partial charge in [-0.05, 0) is 31.0 Å². The van der Waals surface area contributed by atoms with Gasteiger partial charge in [0.1, 0.15) is 0 Å². The quantitative estimate of drug-likeness (QED) is 0.685. The molecule has 0 aliphatic heterocycles. The Kier molecular flexibility index (Phi) is 1.99. The lowest BCUT2D eigenvalue weighted by Gasteiger charge is -2.06. The number of hydrogen-bond acceptors (Lipinski definition) is 1. The first kappa shape index (κ1) is 9.13. The average molecular weight is 188 g/mol. The van der Waals surface area contributed by atoms with E-state index in [2.05, 4.69) is 37.6 Å². The van der Waals surface area contributed by atoms with E-state index in [4.69, 9.17) is 5.73 Å². The molecule has 2 aromatic rings. The molecular formula is C12H16N2. The van der Waals surface area contributed by atoms with Crippen LogP contribution in [0.15, 0.2) is 18.2 Å².